The Morgan fingerprint density at radius 2 is 2.10 bits per heavy atom. The Kier molecular flexibility index (Phi) is 2.69. The highest BCUT2D eigenvalue weighted by Gasteiger charge is 2.21. The van der Waals surface area contributed by atoms with Gasteiger partial charge >= 0.3 is 0 Å². The van der Waals surface area contributed by atoms with Crippen molar-refractivity contribution in [3.05, 3.63) is 59.8 Å². The van der Waals surface area contributed by atoms with Crippen molar-refractivity contribution in [3.63, 3.8) is 0 Å². The highest BCUT2D eigenvalue weighted by atomic mass is 15.0. The molecule has 0 spiro atoms. The summed E-state index contributed by atoms with van der Waals surface area (Å²) < 4.78 is 2.41. The lowest BCUT2D eigenvalue weighted by atomic mass is 9.78. The first-order chi connectivity index (χ1) is 9.84. The minimum absolute atomic E-state index is 0.141. The van der Waals surface area contributed by atoms with Crippen molar-refractivity contribution in [2.24, 2.45) is 0 Å². The van der Waals surface area contributed by atoms with Crippen molar-refractivity contribution >= 4 is 30.5 Å². The van der Waals surface area contributed by atoms with Crippen LogP contribution >= 0.6 is 0 Å². The van der Waals surface area contributed by atoms with Crippen molar-refractivity contribution in [2.75, 3.05) is 0 Å². The molecule has 96 valence electrons. The van der Waals surface area contributed by atoms with E-state index in [2.05, 4.69) is 59.2 Å². The number of benzene rings is 1. The maximum absolute atomic E-state index is 6.11. The molecule has 1 heterocycles. The van der Waals surface area contributed by atoms with Crippen molar-refractivity contribution in [2.45, 2.75) is 25.1 Å². The molecule has 1 aromatic carbocycles. The first-order valence-corrected chi connectivity index (χ1v) is 7.27. The van der Waals surface area contributed by atoms with E-state index < -0.39 is 0 Å². The van der Waals surface area contributed by atoms with E-state index in [1.165, 1.54) is 27.9 Å². The van der Waals surface area contributed by atoms with E-state index in [9.17, 15) is 0 Å². The zero-order valence-corrected chi connectivity index (χ0v) is 11.4. The maximum Gasteiger partial charge on any atom is 0.0759 e. The molecule has 2 aliphatic rings. The van der Waals surface area contributed by atoms with Crippen molar-refractivity contribution in [3.8, 4) is 0 Å². The van der Waals surface area contributed by atoms with Gasteiger partial charge in [-0.1, -0.05) is 42.2 Å². The highest BCUT2D eigenvalue weighted by molar-refractivity contribution is 6.14. The van der Waals surface area contributed by atoms with Crippen LogP contribution in [-0.4, -0.2) is 12.4 Å². The topological polar surface area (TPSA) is 4.93 Å². The minimum atomic E-state index is 0.141. The van der Waals surface area contributed by atoms with Crippen LogP contribution in [-0.2, 0) is 6.42 Å². The Bertz CT molecular complexity index is 761. The van der Waals surface area contributed by atoms with E-state index in [0.717, 1.165) is 19.3 Å². The average Bonchev–Trinajstić information content (AvgIpc) is 2.82. The Balaban J connectivity index is 2.04. The molecule has 1 aromatic heterocycles. The molecule has 2 radical (unpaired) electrons. The zero-order valence-electron chi connectivity index (χ0n) is 11.4. The summed E-state index contributed by atoms with van der Waals surface area (Å²) in [6, 6.07) is 8.67. The van der Waals surface area contributed by atoms with Gasteiger partial charge in [-0.3, -0.25) is 0 Å². The summed E-state index contributed by atoms with van der Waals surface area (Å²) in [7, 11) is 6.11. The number of hydrogen-bond donors (Lipinski definition) is 0. The lowest BCUT2D eigenvalue weighted by Gasteiger charge is -2.18. The van der Waals surface area contributed by atoms with Crippen LogP contribution in [0.2, 0.25) is 5.82 Å². The third-order valence-corrected chi connectivity index (χ3v) is 4.24. The third kappa shape index (κ3) is 1.71. The fraction of sp³-hybridized carbons (Fsp3) is 0.222. The van der Waals surface area contributed by atoms with E-state index in [1.54, 1.807) is 0 Å². The van der Waals surface area contributed by atoms with Gasteiger partial charge in [0.15, 0.2) is 0 Å². The van der Waals surface area contributed by atoms with Gasteiger partial charge in [0.05, 0.1) is 13.4 Å². The van der Waals surface area contributed by atoms with Crippen molar-refractivity contribution in [1.82, 2.24) is 4.57 Å². The average molecular weight is 257 g/mol. The number of para-hydroxylation sites is 1. The second-order valence-corrected chi connectivity index (χ2v) is 5.57. The first-order valence-electron chi connectivity index (χ1n) is 7.27. The van der Waals surface area contributed by atoms with Crippen molar-refractivity contribution in [1.29, 1.82) is 0 Å². The summed E-state index contributed by atoms with van der Waals surface area (Å²) in [4.78, 5) is 0. The largest absolute Gasteiger partial charge is 0.313 e. The molecule has 2 heteroatoms. The molecule has 1 nitrogen and oxygen atoms in total. The number of nitrogens with zero attached hydrogens (tertiary/aromatic N) is 1. The number of aromatic nitrogens is 1. The molecule has 0 saturated heterocycles. The number of rotatable bonds is 1. The Morgan fingerprint density at radius 3 is 2.95 bits per heavy atom. The lowest BCUT2D eigenvalue weighted by Crippen LogP contribution is -2.06. The van der Waals surface area contributed by atoms with Crippen molar-refractivity contribution < 1.29 is 0 Å². The second-order valence-electron chi connectivity index (χ2n) is 5.57. The predicted octanol–water partition coefficient (Wildman–Crippen LogP) is 4.36. The standard InChI is InChI=1S/C18H16BN/c19-13-10-11-18-16(12-13)15-8-4-5-9-17(15)20(18)14-6-2-1-3-7-14/h1-2,4-6,8-11,13H,3,7,12H2. The molecule has 0 saturated carbocycles. The van der Waals surface area contributed by atoms with Gasteiger partial charge in [0.1, 0.15) is 0 Å². The zero-order chi connectivity index (χ0) is 13.5. The summed E-state index contributed by atoms with van der Waals surface area (Å²) in [5, 5.41) is 1.35. The molecule has 4 rings (SSSR count). The van der Waals surface area contributed by atoms with Crippen LogP contribution in [0.3, 0.4) is 0 Å². The van der Waals surface area contributed by atoms with E-state index in [1.807, 2.05) is 0 Å². The fourth-order valence-corrected chi connectivity index (χ4v) is 3.32. The van der Waals surface area contributed by atoms with Gasteiger partial charge in [-0.25, -0.2) is 0 Å². The molecule has 0 fully saturated rings. The van der Waals surface area contributed by atoms with Gasteiger partial charge in [0.2, 0.25) is 0 Å². The van der Waals surface area contributed by atoms with E-state index >= 15 is 0 Å². The van der Waals surface area contributed by atoms with Crippen LogP contribution in [0.1, 0.15) is 24.1 Å². The van der Waals surface area contributed by atoms with E-state index in [4.69, 9.17) is 7.85 Å². The van der Waals surface area contributed by atoms with Crippen LogP contribution in [0.15, 0.2) is 48.6 Å². The van der Waals surface area contributed by atoms with Gasteiger partial charge in [0.25, 0.3) is 0 Å². The van der Waals surface area contributed by atoms with E-state index in [-0.39, 0.29) is 5.82 Å². The van der Waals surface area contributed by atoms with Crippen LogP contribution < -0.4 is 0 Å². The Morgan fingerprint density at radius 1 is 1.20 bits per heavy atom. The van der Waals surface area contributed by atoms with E-state index in [0.29, 0.717) is 0 Å². The number of fused-ring (bicyclic) bond motifs is 3. The smallest absolute Gasteiger partial charge is 0.0759 e. The summed E-state index contributed by atoms with van der Waals surface area (Å²) in [5.74, 6) is 0.141. The Hall–Kier alpha value is -1.96. The normalized spacial score (nSPS) is 21.0. The predicted molar refractivity (Wildman–Crippen MR) is 86.8 cm³/mol. The molecule has 0 aliphatic heterocycles. The van der Waals surface area contributed by atoms with Gasteiger partial charge in [-0.15, -0.1) is 0 Å². The number of allylic oxidation sites excluding steroid dienone is 5. The summed E-state index contributed by atoms with van der Waals surface area (Å²) in [6.07, 6.45) is 14.1. The molecule has 1 unspecified atom stereocenters. The monoisotopic (exact) mass is 257 g/mol. The Labute approximate surface area is 120 Å². The quantitative estimate of drug-likeness (QED) is 0.669. The molecular weight excluding hydrogens is 241 g/mol. The maximum atomic E-state index is 6.11. The highest BCUT2D eigenvalue weighted by Crippen LogP contribution is 2.37. The van der Waals surface area contributed by atoms with Gasteiger partial charge in [-0.2, -0.15) is 0 Å². The van der Waals surface area contributed by atoms with Crippen LogP contribution in [0.25, 0.3) is 22.7 Å². The lowest BCUT2D eigenvalue weighted by molar-refractivity contribution is 0.927. The van der Waals surface area contributed by atoms with Crippen LogP contribution in [0, 0.1) is 0 Å². The summed E-state index contributed by atoms with van der Waals surface area (Å²) in [6.45, 7) is 0. The number of hydrogen-bond acceptors (Lipinski definition) is 0. The molecular formula is C18H16BN. The summed E-state index contributed by atoms with van der Waals surface area (Å²) >= 11 is 0. The molecule has 0 bridgehead atoms. The molecule has 0 amide bonds. The molecule has 1 atom stereocenters. The van der Waals surface area contributed by atoms with Gasteiger partial charge in [0, 0.05) is 16.8 Å². The minimum Gasteiger partial charge on any atom is -0.313 e. The van der Waals surface area contributed by atoms with Gasteiger partial charge in [-0.05, 0) is 43.0 Å². The molecule has 0 N–H and O–H groups in total. The van der Waals surface area contributed by atoms with Gasteiger partial charge < -0.3 is 4.57 Å². The molecule has 2 aliphatic carbocycles. The first kappa shape index (κ1) is 11.8. The molecule has 20 heavy (non-hydrogen) atoms. The fourth-order valence-electron chi connectivity index (χ4n) is 3.32. The SMILES string of the molecule is [B]C1C=Cc2c(c3ccccc3n2C2=CC=CCC2)C1. The summed E-state index contributed by atoms with van der Waals surface area (Å²) in [5.41, 5.74) is 5.39. The van der Waals surface area contributed by atoms with Crippen LogP contribution in [0.4, 0.5) is 0 Å². The third-order valence-electron chi connectivity index (χ3n) is 4.24. The second kappa shape index (κ2) is 4.55. The molecule has 2 aromatic rings. The van der Waals surface area contributed by atoms with Crippen LogP contribution in [0.5, 0.6) is 0 Å².